The fourth-order valence-electron chi connectivity index (χ4n) is 2.69. The lowest BCUT2D eigenvalue weighted by molar-refractivity contribution is -0.126. The first-order chi connectivity index (χ1) is 10.6. The van der Waals surface area contributed by atoms with E-state index in [0.717, 1.165) is 34.1 Å². The van der Waals surface area contributed by atoms with Gasteiger partial charge in [0, 0.05) is 17.5 Å². The third-order valence-electron chi connectivity index (χ3n) is 3.79. The summed E-state index contributed by atoms with van der Waals surface area (Å²) in [5, 5.41) is 3.08. The molecule has 1 atom stereocenters. The Morgan fingerprint density at radius 1 is 1.36 bits per heavy atom. The van der Waals surface area contributed by atoms with Crippen LogP contribution in [0.3, 0.4) is 0 Å². The molecule has 3 rings (SSSR count). The maximum Gasteiger partial charge on any atom is 0.268 e. The number of hydrogen-bond donors (Lipinski definition) is 0. The van der Waals surface area contributed by atoms with E-state index in [1.165, 1.54) is 0 Å². The summed E-state index contributed by atoms with van der Waals surface area (Å²) in [5.74, 6) is 0.846. The van der Waals surface area contributed by atoms with Gasteiger partial charge in [0.2, 0.25) is 0 Å². The van der Waals surface area contributed by atoms with Gasteiger partial charge in [0.25, 0.3) is 5.91 Å². The summed E-state index contributed by atoms with van der Waals surface area (Å²) in [5.41, 5.74) is 2.84. The Hall–Kier alpha value is -1.88. The topological polar surface area (TPSA) is 42.4 Å². The van der Waals surface area contributed by atoms with Crippen LogP contribution in [0.15, 0.2) is 23.6 Å². The van der Waals surface area contributed by atoms with Gasteiger partial charge < -0.3 is 9.64 Å². The standard InChI is InChI=1S/C17H20N2O2S/c1-4-8-19-14-9-12(13-10-22-11(3)18-13)6-7-16(14)21-15(5-2)17(19)20/h6-7,9-10,15H,4-5,8H2,1-3H3. The Bertz CT molecular complexity index is 696. The van der Waals surface area contributed by atoms with Gasteiger partial charge in [-0.15, -0.1) is 11.3 Å². The molecule has 1 aromatic heterocycles. The summed E-state index contributed by atoms with van der Waals surface area (Å²) < 4.78 is 5.86. The number of benzene rings is 1. The molecule has 22 heavy (non-hydrogen) atoms. The van der Waals surface area contributed by atoms with Crippen molar-refractivity contribution in [3.63, 3.8) is 0 Å². The van der Waals surface area contributed by atoms with Crippen LogP contribution >= 0.6 is 11.3 Å². The molecule has 0 bridgehead atoms. The highest BCUT2D eigenvalue weighted by Gasteiger charge is 2.33. The van der Waals surface area contributed by atoms with Crippen LogP contribution in [0.4, 0.5) is 5.69 Å². The largest absolute Gasteiger partial charge is 0.478 e. The molecule has 0 aliphatic carbocycles. The van der Waals surface area contributed by atoms with E-state index in [1.54, 1.807) is 11.3 Å². The minimum atomic E-state index is -0.369. The predicted octanol–water partition coefficient (Wildman–Crippen LogP) is 4.03. The van der Waals surface area contributed by atoms with Gasteiger partial charge in [0.15, 0.2) is 6.10 Å². The van der Waals surface area contributed by atoms with Gasteiger partial charge >= 0.3 is 0 Å². The Morgan fingerprint density at radius 3 is 2.82 bits per heavy atom. The zero-order chi connectivity index (χ0) is 15.7. The van der Waals surface area contributed by atoms with Crippen molar-refractivity contribution in [3.05, 3.63) is 28.6 Å². The van der Waals surface area contributed by atoms with Crippen molar-refractivity contribution in [1.82, 2.24) is 4.98 Å². The highest BCUT2D eigenvalue weighted by molar-refractivity contribution is 7.09. The molecule has 1 amide bonds. The summed E-state index contributed by atoms with van der Waals surface area (Å²) in [4.78, 5) is 18.9. The molecule has 0 radical (unpaired) electrons. The molecule has 0 N–H and O–H groups in total. The molecule has 116 valence electrons. The maximum atomic E-state index is 12.5. The van der Waals surface area contributed by atoms with Crippen molar-refractivity contribution < 1.29 is 9.53 Å². The van der Waals surface area contributed by atoms with E-state index in [0.29, 0.717) is 13.0 Å². The van der Waals surface area contributed by atoms with E-state index in [2.05, 4.69) is 11.9 Å². The fourth-order valence-corrected chi connectivity index (χ4v) is 3.31. The Kier molecular flexibility index (Phi) is 4.16. The molecular formula is C17H20N2O2S. The molecular weight excluding hydrogens is 296 g/mol. The van der Waals surface area contributed by atoms with Crippen LogP contribution < -0.4 is 9.64 Å². The van der Waals surface area contributed by atoms with E-state index in [9.17, 15) is 4.79 Å². The SMILES string of the molecule is CCCN1C(=O)C(CC)Oc2ccc(-c3csc(C)n3)cc21. The molecule has 0 saturated heterocycles. The number of aromatic nitrogens is 1. The van der Waals surface area contributed by atoms with Crippen LogP contribution in [0.25, 0.3) is 11.3 Å². The van der Waals surface area contributed by atoms with E-state index < -0.39 is 0 Å². The first-order valence-electron chi connectivity index (χ1n) is 7.68. The van der Waals surface area contributed by atoms with Gasteiger partial charge in [-0.2, -0.15) is 0 Å². The average molecular weight is 316 g/mol. The molecule has 0 spiro atoms. The number of carbonyl (C=O) groups is 1. The number of nitrogens with zero attached hydrogens (tertiary/aromatic N) is 2. The molecule has 0 saturated carbocycles. The molecule has 0 fully saturated rings. The second-order valence-corrected chi connectivity index (χ2v) is 6.50. The van der Waals surface area contributed by atoms with Crippen LogP contribution in [0, 0.1) is 6.92 Å². The van der Waals surface area contributed by atoms with Crippen LogP contribution in [0.1, 0.15) is 31.7 Å². The predicted molar refractivity (Wildman–Crippen MR) is 89.6 cm³/mol. The van der Waals surface area contributed by atoms with Crippen molar-refractivity contribution in [1.29, 1.82) is 0 Å². The summed E-state index contributed by atoms with van der Waals surface area (Å²) in [6, 6.07) is 5.99. The van der Waals surface area contributed by atoms with Gasteiger partial charge in [0.1, 0.15) is 5.75 Å². The van der Waals surface area contributed by atoms with Crippen molar-refractivity contribution in [2.24, 2.45) is 0 Å². The number of ether oxygens (including phenoxy) is 1. The zero-order valence-electron chi connectivity index (χ0n) is 13.1. The minimum Gasteiger partial charge on any atom is -0.478 e. The molecule has 1 aliphatic heterocycles. The maximum absolute atomic E-state index is 12.5. The molecule has 1 unspecified atom stereocenters. The summed E-state index contributed by atoms with van der Waals surface area (Å²) in [6.45, 7) is 6.76. The second-order valence-electron chi connectivity index (χ2n) is 5.44. The first-order valence-corrected chi connectivity index (χ1v) is 8.56. The highest BCUT2D eigenvalue weighted by atomic mass is 32.1. The number of amides is 1. The number of hydrogen-bond acceptors (Lipinski definition) is 4. The smallest absolute Gasteiger partial charge is 0.268 e. The normalized spacial score (nSPS) is 17.3. The van der Waals surface area contributed by atoms with Crippen molar-refractivity contribution in [3.8, 4) is 17.0 Å². The number of anilines is 1. The van der Waals surface area contributed by atoms with Crippen LogP contribution in [0.5, 0.6) is 5.75 Å². The minimum absolute atomic E-state index is 0.0588. The Balaban J connectivity index is 2.04. The number of aryl methyl sites for hydroxylation is 1. The van der Waals surface area contributed by atoms with E-state index >= 15 is 0 Å². The Labute approximate surface area is 134 Å². The molecule has 2 aromatic rings. The first kappa shape index (κ1) is 15.0. The number of rotatable bonds is 4. The molecule has 4 nitrogen and oxygen atoms in total. The number of thiazole rings is 1. The van der Waals surface area contributed by atoms with Gasteiger partial charge in [-0.3, -0.25) is 4.79 Å². The molecule has 5 heteroatoms. The number of carbonyl (C=O) groups excluding carboxylic acids is 1. The third-order valence-corrected chi connectivity index (χ3v) is 4.57. The van der Waals surface area contributed by atoms with E-state index in [1.807, 2.05) is 42.3 Å². The molecule has 1 aliphatic rings. The fraction of sp³-hybridized carbons (Fsp3) is 0.412. The van der Waals surface area contributed by atoms with Gasteiger partial charge in [-0.05, 0) is 38.0 Å². The quantitative estimate of drug-likeness (QED) is 0.855. The highest BCUT2D eigenvalue weighted by Crippen LogP contribution is 2.38. The lowest BCUT2D eigenvalue weighted by Gasteiger charge is -2.34. The van der Waals surface area contributed by atoms with Gasteiger partial charge in [0.05, 0.1) is 16.4 Å². The van der Waals surface area contributed by atoms with Crippen molar-refractivity contribution in [2.75, 3.05) is 11.4 Å². The van der Waals surface area contributed by atoms with Gasteiger partial charge in [-0.1, -0.05) is 13.8 Å². The second kappa shape index (κ2) is 6.08. The van der Waals surface area contributed by atoms with Crippen LogP contribution in [-0.2, 0) is 4.79 Å². The monoisotopic (exact) mass is 316 g/mol. The molecule has 2 heterocycles. The number of fused-ring (bicyclic) bond motifs is 1. The van der Waals surface area contributed by atoms with Crippen LogP contribution in [-0.4, -0.2) is 23.5 Å². The lowest BCUT2D eigenvalue weighted by Crippen LogP contribution is -2.45. The van der Waals surface area contributed by atoms with E-state index in [4.69, 9.17) is 4.74 Å². The molecule has 1 aromatic carbocycles. The lowest BCUT2D eigenvalue weighted by atomic mass is 10.1. The zero-order valence-corrected chi connectivity index (χ0v) is 13.9. The van der Waals surface area contributed by atoms with Gasteiger partial charge in [-0.25, -0.2) is 4.98 Å². The van der Waals surface area contributed by atoms with Crippen molar-refractivity contribution >= 4 is 22.9 Å². The summed E-state index contributed by atoms with van der Waals surface area (Å²) in [6.07, 6.45) is 1.24. The average Bonchev–Trinajstić information content (AvgIpc) is 2.96. The summed E-state index contributed by atoms with van der Waals surface area (Å²) >= 11 is 1.63. The van der Waals surface area contributed by atoms with Crippen molar-refractivity contribution in [2.45, 2.75) is 39.7 Å². The summed E-state index contributed by atoms with van der Waals surface area (Å²) in [7, 11) is 0. The van der Waals surface area contributed by atoms with E-state index in [-0.39, 0.29) is 12.0 Å². The third kappa shape index (κ3) is 2.61. The Morgan fingerprint density at radius 2 is 2.18 bits per heavy atom. The van der Waals surface area contributed by atoms with Crippen LogP contribution in [0.2, 0.25) is 0 Å².